The first kappa shape index (κ1) is 13.0. The third kappa shape index (κ3) is 3.48. The maximum absolute atomic E-state index is 11.8. The second kappa shape index (κ2) is 5.84. The molecule has 2 unspecified atom stereocenters. The first-order chi connectivity index (χ1) is 7.54. The molecule has 1 rings (SSSR count). The van der Waals surface area contributed by atoms with Gasteiger partial charge in [0.1, 0.15) is 0 Å². The van der Waals surface area contributed by atoms with Gasteiger partial charge in [-0.05, 0) is 12.3 Å². The lowest BCUT2D eigenvalue weighted by Gasteiger charge is -2.22. The summed E-state index contributed by atoms with van der Waals surface area (Å²) in [5.74, 6) is -0.137. The van der Waals surface area contributed by atoms with Gasteiger partial charge in [0.25, 0.3) is 0 Å². The van der Waals surface area contributed by atoms with Crippen LogP contribution in [0.15, 0.2) is 0 Å². The largest absolute Gasteiger partial charge is 0.396 e. The fourth-order valence-corrected chi connectivity index (χ4v) is 1.80. The SMILES string of the molecule is CC(C)C(CCO)NC(=O)C1CNC(=O)C1. The molecule has 92 valence electrons. The normalized spacial score (nSPS) is 22.0. The number of hydrogen-bond donors (Lipinski definition) is 3. The smallest absolute Gasteiger partial charge is 0.225 e. The third-order valence-electron chi connectivity index (χ3n) is 2.92. The van der Waals surface area contributed by atoms with E-state index in [-0.39, 0.29) is 42.7 Å². The second-order valence-corrected chi connectivity index (χ2v) is 4.58. The standard InChI is InChI=1S/C11H20N2O3/c1-7(2)9(3-4-14)13-11(16)8-5-10(15)12-6-8/h7-9,14H,3-6H2,1-2H3,(H,12,15)(H,13,16). The summed E-state index contributed by atoms with van der Waals surface area (Å²) < 4.78 is 0. The molecule has 0 saturated carbocycles. The molecule has 5 heteroatoms. The number of nitrogens with one attached hydrogen (secondary N) is 2. The summed E-state index contributed by atoms with van der Waals surface area (Å²) >= 11 is 0. The molecule has 0 aliphatic carbocycles. The molecule has 1 heterocycles. The maximum atomic E-state index is 11.8. The van der Waals surface area contributed by atoms with E-state index in [0.29, 0.717) is 13.0 Å². The Morgan fingerprint density at radius 1 is 1.62 bits per heavy atom. The molecule has 0 bridgehead atoms. The zero-order valence-electron chi connectivity index (χ0n) is 9.82. The molecule has 2 amide bonds. The second-order valence-electron chi connectivity index (χ2n) is 4.58. The topological polar surface area (TPSA) is 78.4 Å². The van der Waals surface area contributed by atoms with Gasteiger partial charge < -0.3 is 15.7 Å². The molecular weight excluding hydrogens is 208 g/mol. The first-order valence-corrected chi connectivity index (χ1v) is 5.72. The van der Waals surface area contributed by atoms with Gasteiger partial charge in [-0.25, -0.2) is 0 Å². The number of hydrogen-bond acceptors (Lipinski definition) is 3. The van der Waals surface area contributed by atoms with Crippen molar-refractivity contribution in [2.45, 2.75) is 32.7 Å². The summed E-state index contributed by atoms with van der Waals surface area (Å²) in [5.41, 5.74) is 0. The molecule has 1 saturated heterocycles. The van der Waals surface area contributed by atoms with E-state index in [4.69, 9.17) is 5.11 Å². The van der Waals surface area contributed by atoms with Gasteiger partial charge in [-0.2, -0.15) is 0 Å². The average Bonchev–Trinajstić information content (AvgIpc) is 2.64. The van der Waals surface area contributed by atoms with Crippen molar-refractivity contribution in [3.05, 3.63) is 0 Å². The Bertz CT molecular complexity index is 266. The van der Waals surface area contributed by atoms with Crippen molar-refractivity contribution >= 4 is 11.8 Å². The Morgan fingerprint density at radius 3 is 2.75 bits per heavy atom. The number of amides is 2. The van der Waals surface area contributed by atoms with Gasteiger partial charge in [-0.3, -0.25) is 9.59 Å². The highest BCUT2D eigenvalue weighted by Gasteiger charge is 2.29. The van der Waals surface area contributed by atoms with Crippen molar-refractivity contribution in [3.8, 4) is 0 Å². The van der Waals surface area contributed by atoms with E-state index in [2.05, 4.69) is 10.6 Å². The van der Waals surface area contributed by atoms with Crippen molar-refractivity contribution in [3.63, 3.8) is 0 Å². The Kier molecular flexibility index (Phi) is 4.73. The van der Waals surface area contributed by atoms with Crippen LogP contribution in [0.4, 0.5) is 0 Å². The van der Waals surface area contributed by atoms with Gasteiger partial charge in [0, 0.05) is 25.6 Å². The monoisotopic (exact) mass is 228 g/mol. The van der Waals surface area contributed by atoms with Crippen LogP contribution in [0.3, 0.4) is 0 Å². The van der Waals surface area contributed by atoms with E-state index in [9.17, 15) is 9.59 Å². The average molecular weight is 228 g/mol. The van der Waals surface area contributed by atoms with Crippen LogP contribution in [0.2, 0.25) is 0 Å². The lowest BCUT2D eigenvalue weighted by atomic mass is 9.99. The van der Waals surface area contributed by atoms with Gasteiger partial charge in [-0.15, -0.1) is 0 Å². The summed E-state index contributed by atoms with van der Waals surface area (Å²) in [6.45, 7) is 4.48. The van der Waals surface area contributed by atoms with Gasteiger partial charge >= 0.3 is 0 Å². The van der Waals surface area contributed by atoms with Crippen molar-refractivity contribution in [1.29, 1.82) is 0 Å². The van der Waals surface area contributed by atoms with Gasteiger partial charge in [0.2, 0.25) is 11.8 Å². The molecule has 1 aliphatic heterocycles. The van der Waals surface area contributed by atoms with Crippen LogP contribution in [0, 0.1) is 11.8 Å². The number of rotatable bonds is 5. The van der Waals surface area contributed by atoms with E-state index in [1.54, 1.807) is 0 Å². The minimum absolute atomic E-state index is 0.0202. The zero-order chi connectivity index (χ0) is 12.1. The summed E-state index contributed by atoms with van der Waals surface area (Å²) in [5, 5.41) is 14.4. The minimum atomic E-state index is -0.257. The number of aliphatic hydroxyl groups is 1. The predicted octanol–water partition coefficient (Wildman–Crippen LogP) is -0.354. The van der Waals surface area contributed by atoms with Crippen molar-refractivity contribution in [2.24, 2.45) is 11.8 Å². The van der Waals surface area contributed by atoms with Crippen molar-refractivity contribution in [1.82, 2.24) is 10.6 Å². The third-order valence-corrected chi connectivity index (χ3v) is 2.92. The molecule has 1 aliphatic rings. The van der Waals surface area contributed by atoms with E-state index < -0.39 is 0 Å². The fourth-order valence-electron chi connectivity index (χ4n) is 1.80. The molecule has 0 aromatic rings. The van der Waals surface area contributed by atoms with Crippen molar-refractivity contribution < 1.29 is 14.7 Å². The summed E-state index contributed by atoms with van der Waals surface area (Å²) in [6, 6.07) is -0.0202. The summed E-state index contributed by atoms with van der Waals surface area (Å²) in [7, 11) is 0. The molecule has 0 radical (unpaired) electrons. The quantitative estimate of drug-likeness (QED) is 0.601. The Morgan fingerprint density at radius 2 is 2.31 bits per heavy atom. The number of aliphatic hydroxyl groups excluding tert-OH is 1. The van der Waals surface area contributed by atoms with Crippen LogP contribution in [-0.2, 0) is 9.59 Å². The molecule has 1 fully saturated rings. The molecule has 0 aromatic heterocycles. The molecule has 0 spiro atoms. The highest BCUT2D eigenvalue weighted by Crippen LogP contribution is 2.12. The summed E-state index contributed by atoms with van der Waals surface area (Å²) in [4.78, 5) is 22.8. The molecule has 3 N–H and O–H groups in total. The lowest BCUT2D eigenvalue weighted by Crippen LogP contribution is -2.42. The number of carbonyl (C=O) groups is 2. The maximum Gasteiger partial charge on any atom is 0.225 e. The van der Waals surface area contributed by atoms with Crippen LogP contribution in [-0.4, -0.2) is 36.1 Å². The predicted molar refractivity (Wildman–Crippen MR) is 59.6 cm³/mol. The zero-order valence-corrected chi connectivity index (χ0v) is 9.82. The fraction of sp³-hybridized carbons (Fsp3) is 0.818. The minimum Gasteiger partial charge on any atom is -0.396 e. The van der Waals surface area contributed by atoms with E-state index in [1.165, 1.54) is 0 Å². The lowest BCUT2D eigenvalue weighted by molar-refractivity contribution is -0.127. The number of carbonyl (C=O) groups excluding carboxylic acids is 2. The van der Waals surface area contributed by atoms with Crippen LogP contribution in [0.1, 0.15) is 26.7 Å². The molecule has 5 nitrogen and oxygen atoms in total. The van der Waals surface area contributed by atoms with Gasteiger partial charge in [0.15, 0.2) is 0 Å². The van der Waals surface area contributed by atoms with Gasteiger partial charge in [0.05, 0.1) is 5.92 Å². The molecule has 16 heavy (non-hydrogen) atoms. The Hall–Kier alpha value is -1.10. The van der Waals surface area contributed by atoms with Gasteiger partial charge in [-0.1, -0.05) is 13.8 Å². The highest BCUT2D eigenvalue weighted by atomic mass is 16.3. The van der Waals surface area contributed by atoms with Crippen LogP contribution in [0.5, 0.6) is 0 Å². The molecular formula is C11H20N2O3. The summed E-state index contributed by atoms with van der Waals surface area (Å²) in [6.07, 6.45) is 0.827. The molecule has 0 aromatic carbocycles. The van der Waals surface area contributed by atoms with E-state index in [0.717, 1.165) is 0 Å². The van der Waals surface area contributed by atoms with E-state index >= 15 is 0 Å². The highest BCUT2D eigenvalue weighted by molar-refractivity contribution is 5.89. The first-order valence-electron chi connectivity index (χ1n) is 5.72. The van der Waals surface area contributed by atoms with Crippen molar-refractivity contribution in [2.75, 3.05) is 13.2 Å². The van der Waals surface area contributed by atoms with E-state index in [1.807, 2.05) is 13.8 Å². The molecule has 2 atom stereocenters. The van der Waals surface area contributed by atoms with Crippen LogP contribution in [0.25, 0.3) is 0 Å². The Balaban J connectivity index is 2.45. The Labute approximate surface area is 95.6 Å². The van der Waals surface area contributed by atoms with Crippen LogP contribution >= 0.6 is 0 Å². The van der Waals surface area contributed by atoms with Crippen LogP contribution < -0.4 is 10.6 Å².